The third-order valence-corrected chi connectivity index (χ3v) is 3.77. The molecule has 2 rings (SSSR count). The monoisotopic (exact) mass is 322 g/mol. The Morgan fingerprint density at radius 1 is 1.13 bits per heavy atom. The van der Waals surface area contributed by atoms with Crippen LogP contribution in [0.1, 0.15) is 18.4 Å². The molecule has 2 amide bonds. The van der Waals surface area contributed by atoms with Crippen LogP contribution in [-0.2, 0) is 16.1 Å². The van der Waals surface area contributed by atoms with Crippen molar-refractivity contribution in [2.24, 2.45) is 0 Å². The molecular formula is C16H22N2O5. The summed E-state index contributed by atoms with van der Waals surface area (Å²) >= 11 is 0. The zero-order valence-electron chi connectivity index (χ0n) is 13.7. The second-order valence-corrected chi connectivity index (χ2v) is 5.21. The lowest BCUT2D eigenvalue weighted by molar-refractivity contribution is -0.133. The molecule has 0 radical (unpaired) electrons. The highest BCUT2D eigenvalue weighted by molar-refractivity contribution is 5.85. The minimum Gasteiger partial charge on any atom is -0.496 e. The molecule has 0 aromatic heterocycles. The molecule has 1 aromatic rings. The molecule has 23 heavy (non-hydrogen) atoms. The summed E-state index contributed by atoms with van der Waals surface area (Å²) in [6, 6.07) is 3.48. The fraction of sp³-hybridized carbons (Fsp3) is 0.500. The van der Waals surface area contributed by atoms with Gasteiger partial charge in [0.05, 0.1) is 27.9 Å². The maximum Gasteiger partial charge on any atom is 0.239 e. The number of amides is 2. The van der Waals surface area contributed by atoms with Crippen LogP contribution < -0.4 is 19.5 Å². The molecule has 1 aromatic carbocycles. The smallest absolute Gasteiger partial charge is 0.239 e. The summed E-state index contributed by atoms with van der Waals surface area (Å²) in [4.78, 5) is 25.1. The lowest BCUT2D eigenvalue weighted by Gasteiger charge is -2.17. The molecule has 1 aliphatic rings. The van der Waals surface area contributed by atoms with E-state index in [1.54, 1.807) is 38.4 Å². The van der Waals surface area contributed by atoms with E-state index in [-0.39, 0.29) is 24.9 Å². The molecule has 7 heteroatoms. The second kappa shape index (κ2) is 7.71. The summed E-state index contributed by atoms with van der Waals surface area (Å²) < 4.78 is 15.8. The van der Waals surface area contributed by atoms with Gasteiger partial charge in [-0.3, -0.25) is 9.59 Å². The number of nitrogens with zero attached hydrogens (tertiary/aromatic N) is 1. The summed E-state index contributed by atoms with van der Waals surface area (Å²) in [7, 11) is 4.65. The van der Waals surface area contributed by atoms with Crippen molar-refractivity contribution in [2.45, 2.75) is 19.4 Å². The highest BCUT2D eigenvalue weighted by Gasteiger charge is 2.22. The molecule has 0 spiro atoms. The van der Waals surface area contributed by atoms with E-state index in [4.69, 9.17) is 14.2 Å². The number of hydrogen-bond acceptors (Lipinski definition) is 5. The van der Waals surface area contributed by atoms with Gasteiger partial charge in [-0.1, -0.05) is 0 Å². The lowest BCUT2D eigenvalue weighted by atomic mass is 10.1. The van der Waals surface area contributed by atoms with Gasteiger partial charge in [0.25, 0.3) is 0 Å². The van der Waals surface area contributed by atoms with Crippen molar-refractivity contribution >= 4 is 11.8 Å². The Hall–Kier alpha value is -2.44. The predicted molar refractivity (Wildman–Crippen MR) is 83.8 cm³/mol. The minimum atomic E-state index is -0.197. The number of methoxy groups -OCH3 is 3. The maximum atomic E-state index is 12.0. The Bertz CT molecular complexity index is 588. The van der Waals surface area contributed by atoms with Crippen molar-refractivity contribution in [3.8, 4) is 17.2 Å². The Balaban J connectivity index is 2.01. The standard InChI is InChI=1S/C16H22N2O5/c1-21-12-8-14(23-3)13(22-2)7-11(12)9-17-15(19)10-18-6-4-5-16(18)20/h7-8H,4-6,9-10H2,1-3H3,(H,17,19). The minimum absolute atomic E-state index is 0.0313. The van der Waals surface area contributed by atoms with Crippen molar-refractivity contribution in [2.75, 3.05) is 34.4 Å². The van der Waals surface area contributed by atoms with Crippen LogP contribution in [0.5, 0.6) is 17.2 Å². The third kappa shape index (κ3) is 4.06. The van der Waals surface area contributed by atoms with Gasteiger partial charge < -0.3 is 24.4 Å². The Morgan fingerprint density at radius 2 is 1.78 bits per heavy atom. The van der Waals surface area contributed by atoms with Gasteiger partial charge in [-0.2, -0.15) is 0 Å². The first kappa shape index (κ1) is 16.9. The largest absolute Gasteiger partial charge is 0.496 e. The number of likely N-dealkylation sites (tertiary alicyclic amines) is 1. The van der Waals surface area contributed by atoms with Crippen molar-refractivity contribution in [1.29, 1.82) is 0 Å². The molecule has 0 saturated carbocycles. The van der Waals surface area contributed by atoms with E-state index in [2.05, 4.69) is 5.32 Å². The number of hydrogen-bond donors (Lipinski definition) is 1. The number of carbonyl (C=O) groups excluding carboxylic acids is 2. The number of carbonyl (C=O) groups is 2. The second-order valence-electron chi connectivity index (χ2n) is 5.21. The Kier molecular flexibility index (Phi) is 5.67. The van der Waals surface area contributed by atoms with Crippen LogP contribution in [0.25, 0.3) is 0 Å². The molecule has 0 bridgehead atoms. The summed E-state index contributed by atoms with van der Waals surface area (Å²) in [5.41, 5.74) is 0.770. The molecule has 1 saturated heterocycles. The van der Waals surface area contributed by atoms with E-state index in [1.165, 1.54) is 0 Å². The first-order chi connectivity index (χ1) is 11.1. The quantitative estimate of drug-likeness (QED) is 0.809. The molecule has 1 heterocycles. The third-order valence-electron chi connectivity index (χ3n) is 3.77. The summed E-state index contributed by atoms with van der Waals surface area (Å²) in [5.74, 6) is 1.55. The van der Waals surface area contributed by atoms with E-state index in [0.717, 1.165) is 12.0 Å². The SMILES string of the molecule is COc1cc(OC)c(OC)cc1CNC(=O)CN1CCCC1=O. The molecule has 7 nitrogen and oxygen atoms in total. The molecule has 0 unspecified atom stereocenters. The fourth-order valence-electron chi connectivity index (χ4n) is 2.52. The van der Waals surface area contributed by atoms with E-state index < -0.39 is 0 Å². The normalized spacial score (nSPS) is 13.9. The molecule has 0 aliphatic carbocycles. The van der Waals surface area contributed by atoms with Crippen LogP contribution in [-0.4, -0.2) is 51.1 Å². The van der Waals surface area contributed by atoms with Gasteiger partial charge in [-0.05, 0) is 12.5 Å². The number of nitrogens with one attached hydrogen (secondary N) is 1. The van der Waals surface area contributed by atoms with E-state index in [1.807, 2.05) is 0 Å². The van der Waals surface area contributed by atoms with Gasteiger partial charge in [0, 0.05) is 31.1 Å². The average Bonchev–Trinajstić information content (AvgIpc) is 2.96. The molecule has 0 atom stereocenters. The van der Waals surface area contributed by atoms with Crippen molar-refractivity contribution in [1.82, 2.24) is 10.2 Å². The summed E-state index contributed by atoms with van der Waals surface area (Å²) in [6.07, 6.45) is 1.34. The van der Waals surface area contributed by atoms with Gasteiger partial charge in [0.1, 0.15) is 5.75 Å². The van der Waals surface area contributed by atoms with Gasteiger partial charge in [0.15, 0.2) is 11.5 Å². The fourth-order valence-corrected chi connectivity index (χ4v) is 2.52. The van der Waals surface area contributed by atoms with Gasteiger partial charge in [0.2, 0.25) is 11.8 Å². The topological polar surface area (TPSA) is 77.1 Å². The van der Waals surface area contributed by atoms with Crippen LogP contribution in [0.2, 0.25) is 0 Å². The summed E-state index contributed by atoms with van der Waals surface area (Å²) in [5, 5.41) is 2.80. The van der Waals surface area contributed by atoms with E-state index >= 15 is 0 Å². The predicted octanol–water partition coefficient (Wildman–Crippen LogP) is 0.951. The van der Waals surface area contributed by atoms with Gasteiger partial charge >= 0.3 is 0 Å². The zero-order valence-corrected chi connectivity index (χ0v) is 13.7. The van der Waals surface area contributed by atoms with Crippen molar-refractivity contribution < 1.29 is 23.8 Å². The van der Waals surface area contributed by atoms with Gasteiger partial charge in [-0.25, -0.2) is 0 Å². The number of rotatable bonds is 7. The van der Waals surface area contributed by atoms with Crippen molar-refractivity contribution in [3.05, 3.63) is 17.7 Å². The lowest BCUT2D eigenvalue weighted by Crippen LogP contribution is -2.37. The van der Waals surface area contributed by atoms with Crippen LogP contribution in [0.4, 0.5) is 0 Å². The maximum absolute atomic E-state index is 12.0. The van der Waals surface area contributed by atoms with Gasteiger partial charge in [-0.15, -0.1) is 0 Å². The first-order valence-corrected chi connectivity index (χ1v) is 7.42. The molecular weight excluding hydrogens is 300 g/mol. The van der Waals surface area contributed by atoms with Crippen LogP contribution in [0.3, 0.4) is 0 Å². The molecule has 1 aliphatic heterocycles. The highest BCUT2D eigenvalue weighted by Crippen LogP contribution is 2.34. The van der Waals surface area contributed by atoms with Crippen LogP contribution in [0.15, 0.2) is 12.1 Å². The van der Waals surface area contributed by atoms with Crippen molar-refractivity contribution in [3.63, 3.8) is 0 Å². The number of benzene rings is 1. The van der Waals surface area contributed by atoms with Crippen LogP contribution in [0, 0.1) is 0 Å². The highest BCUT2D eigenvalue weighted by atomic mass is 16.5. The Morgan fingerprint density at radius 3 is 2.35 bits per heavy atom. The average molecular weight is 322 g/mol. The van der Waals surface area contributed by atoms with Crippen LogP contribution >= 0.6 is 0 Å². The number of ether oxygens (including phenoxy) is 3. The van der Waals surface area contributed by atoms with E-state index in [0.29, 0.717) is 30.2 Å². The zero-order chi connectivity index (χ0) is 16.8. The molecule has 1 N–H and O–H groups in total. The Labute approximate surface area is 135 Å². The molecule has 1 fully saturated rings. The van der Waals surface area contributed by atoms with E-state index in [9.17, 15) is 9.59 Å². The summed E-state index contributed by atoms with van der Waals surface area (Å²) in [6.45, 7) is 1.02. The first-order valence-electron chi connectivity index (χ1n) is 7.42. The molecule has 126 valence electrons.